The number of aliphatic hydroxyl groups excluding tert-OH is 1. The van der Waals surface area contributed by atoms with Gasteiger partial charge in [-0.15, -0.1) is 0 Å². The average Bonchev–Trinajstić information content (AvgIpc) is 2.64. The van der Waals surface area contributed by atoms with E-state index in [1.54, 1.807) is 0 Å². The van der Waals surface area contributed by atoms with Gasteiger partial charge in [0.1, 0.15) is 6.10 Å². The number of hydrogen-bond donors (Lipinski definition) is 1. The van der Waals surface area contributed by atoms with Crippen LogP contribution in [0.5, 0.6) is 0 Å². The molecule has 1 aromatic rings. The Kier molecular flexibility index (Phi) is 4.02. The molecule has 0 aliphatic carbocycles. The first-order chi connectivity index (χ1) is 8.63. The Morgan fingerprint density at radius 2 is 2.00 bits per heavy atom. The number of rotatable bonds is 4. The molecule has 0 bridgehead atoms. The van der Waals surface area contributed by atoms with Crippen LogP contribution in [0.2, 0.25) is 0 Å². The van der Waals surface area contributed by atoms with Gasteiger partial charge in [0.15, 0.2) is 0 Å². The predicted octanol–water partition coefficient (Wildman–Crippen LogP) is 2.43. The molecule has 1 aromatic carbocycles. The fraction of sp³-hybridized carbons (Fsp3) is 0.533. The summed E-state index contributed by atoms with van der Waals surface area (Å²) in [6.07, 6.45) is 1.74. The zero-order chi connectivity index (χ0) is 13.1. The van der Waals surface area contributed by atoms with Crippen molar-refractivity contribution < 1.29 is 9.90 Å². The number of unbranched alkanes of at least 4 members (excludes halogenated alkanes) is 1. The lowest BCUT2D eigenvalue weighted by molar-refractivity contribution is -0.135. The van der Waals surface area contributed by atoms with Crippen LogP contribution in [0.3, 0.4) is 0 Å². The van der Waals surface area contributed by atoms with Crippen LogP contribution >= 0.6 is 0 Å². The van der Waals surface area contributed by atoms with Gasteiger partial charge in [-0.2, -0.15) is 0 Å². The lowest BCUT2D eigenvalue weighted by atomic mass is 10.0. The molecule has 2 atom stereocenters. The number of aliphatic hydroxyl groups is 1. The Morgan fingerprint density at radius 1 is 1.33 bits per heavy atom. The maximum Gasteiger partial charge on any atom is 0.252 e. The summed E-state index contributed by atoms with van der Waals surface area (Å²) >= 11 is 0. The zero-order valence-electron chi connectivity index (χ0n) is 11.1. The second-order valence-electron chi connectivity index (χ2n) is 5.06. The number of likely N-dealkylation sites (tertiary alicyclic amines) is 1. The third-order valence-corrected chi connectivity index (χ3v) is 3.61. The number of aryl methyl sites for hydroxylation is 1. The van der Waals surface area contributed by atoms with E-state index < -0.39 is 6.10 Å². The molecule has 1 fully saturated rings. The van der Waals surface area contributed by atoms with Crippen molar-refractivity contribution >= 4 is 5.91 Å². The molecule has 0 spiro atoms. The first-order valence-electron chi connectivity index (χ1n) is 6.68. The van der Waals surface area contributed by atoms with Crippen molar-refractivity contribution in [3.05, 3.63) is 35.4 Å². The number of amides is 1. The highest BCUT2D eigenvalue weighted by Crippen LogP contribution is 2.33. The van der Waals surface area contributed by atoms with Crippen molar-refractivity contribution in [2.45, 2.75) is 45.3 Å². The number of benzene rings is 1. The summed E-state index contributed by atoms with van der Waals surface area (Å²) in [6.45, 7) is 4.90. The van der Waals surface area contributed by atoms with Crippen LogP contribution < -0.4 is 0 Å². The molecule has 1 heterocycles. The van der Waals surface area contributed by atoms with Crippen molar-refractivity contribution in [1.82, 2.24) is 4.90 Å². The average molecular weight is 247 g/mol. The molecule has 1 amide bonds. The van der Waals surface area contributed by atoms with E-state index in [9.17, 15) is 9.90 Å². The molecule has 0 radical (unpaired) electrons. The van der Waals surface area contributed by atoms with Crippen LogP contribution in [0.4, 0.5) is 0 Å². The summed E-state index contributed by atoms with van der Waals surface area (Å²) in [5.74, 6) is -0.117. The lowest BCUT2D eigenvalue weighted by Crippen LogP contribution is -2.31. The van der Waals surface area contributed by atoms with Crippen LogP contribution in [-0.4, -0.2) is 28.6 Å². The van der Waals surface area contributed by atoms with Crippen LogP contribution in [-0.2, 0) is 4.79 Å². The Morgan fingerprint density at radius 3 is 2.61 bits per heavy atom. The van der Waals surface area contributed by atoms with Crippen LogP contribution in [0, 0.1) is 6.92 Å². The molecule has 98 valence electrons. The number of nitrogens with zero attached hydrogens (tertiary/aromatic N) is 1. The topological polar surface area (TPSA) is 40.5 Å². The second-order valence-corrected chi connectivity index (χ2v) is 5.06. The second kappa shape index (κ2) is 5.53. The van der Waals surface area contributed by atoms with Gasteiger partial charge < -0.3 is 10.0 Å². The van der Waals surface area contributed by atoms with Crippen molar-refractivity contribution in [1.29, 1.82) is 0 Å². The Balaban J connectivity index is 2.19. The quantitative estimate of drug-likeness (QED) is 0.887. The van der Waals surface area contributed by atoms with E-state index in [2.05, 4.69) is 31.2 Å². The van der Waals surface area contributed by atoms with Gasteiger partial charge in [0.2, 0.25) is 0 Å². The molecule has 1 N–H and O–H groups in total. The summed E-state index contributed by atoms with van der Waals surface area (Å²) in [6, 6.07) is 8.28. The van der Waals surface area contributed by atoms with Gasteiger partial charge in [-0.1, -0.05) is 43.2 Å². The first-order valence-corrected chi connectivity index (χ1v) is 6.68. The van der Waals surface area contributed by atoms with E-state index in [0.29, 0.717) is 6.42 Å². The van der Waals surface area contributed by atoms with Crippen LogP contribution in [0.15, 0.2) is 24.3 Å². The van der Waals surface area contributed by atoms with E-state index in [4.69, 9.17) is 0 Å². The van der Waals surface area contributed by atoms with Crippen molar-refractivity contribution in [2.75, 3.05) is 6.54 Å². The minimum atomic E-state index is -0.826. The van der Waals surface area contributed by atoms with Crippen molar-refractivity contribution in [3.8, 4) is 0 Å². The number of carbonyl (C=O) groups is 1. The molecule has 2 rings (SSSR count). The maximum atomic E-state index is 11.9. The Bertz CT molecular complexity index is 413. The Labute approximate surface area is 108 Å². The first kappa shape index (κ1) is 13.1. The molecule has 1 aliphatic rings. The summed E-state index contributed by atoms with van der Waals surface area (Å²) in [4.78, 5) is 13.8. The maximum absolute atomic E-state index is 11.9. The number of hydrogen-bond acceptors (Lipinski definition) is 2. The van der Waals surface area contributed by atoms with Gasteiger partial charge in [0.25, 0.3) is 5.91 Å². The molecule has 2 unspecified atom stereocenters. The molecule has 0 saturated carbocycles. The van der Waals surface area contributed by atoms with Crippen LogP contribution in [0.1, 0.15) is 43.4 Å². The summed E-state index contributed by atoms with van der Waals surface area (Å²) < 4.78 is 0. The number of carbonyl (C=O) groups excluding carboxylic acids is 1. The van der Waals surface area contributed by atoms with Crippen molar-refractivity contribution in [3.63, 3.8) is 0 Å². The highest BCUT2D eigenvalue weighted by molar-refractivity contribution is 5.83. The van der Waals surface area contributed by atoms with E-state index >= 15 is 0 Å². The third kappa shape index (κ3) is 2.56. The molecule has 0 aromatic heterocycles. The SMILES string of the molecule is CCCCN1C(=O)C(O)CC1c1ccc(C)cc1. The molecular formula is C15H21NO2. The Hall–Kier alpha value is -1.35. The summed E-state index contributed by atoms with van der Waals surface area (Å²) in [5.41, 5.74) is 2.34. The molecule has 3 nitrogen and oxygen atoms in total. The molecule has 1 saturated heterocycles. The van der Waals surface area contributed by atoms with Gasteiger partial charge in [0, 0.05) is 13.0 Å². The fourth-order valence-electron chi connectivity index (χ4n) is 2.48. The molecule has 18 heavy (non-hydrogen) atoms. The molecule has 3 heteroatoms. The highest BCUT2D eigenvalue weighted by atomic mass is 16.3. The monoisotopic (exact) mass is 247 g/mol. The van der Waals surface area contributed by atoms with E-state index in [1.807, 2.05) is 11.8 Å². The largest absolute Gasteiger partial charge is 0.383 e. The lowest BCUT2D eigenvalue weighted by Gasteiger charge is -2.24. The van der Waals surface area contributed by atoms with E-state index in [-0.39, 0.29) is 11.9 Å². The standard InChI is InChI=1S/C15H21NO2/c1-3-4-9-16-13(10-14(17)15(16)18)12-7-5-11(2)6-8-12/h5-8,13-14,17H,3-4,9-10H2,1-2H3. The van der Waals surface area contributed by atoms with E-state index in [1.165, 1.54) is 5.56 Å². The normalized spacial score (nSPS) is 23.7. The minimum absolute atomic E-state index is 0.0413. The fourth-order valence-corrected chi connectivity index (χ4v) is 2.48. The summed E-state index contributed by atoms with van der Waals surface area (Å²) in [5, 5.41) is 9.76. The molecule has 1 aliphatic heterocycles. The van der Waals surface area contributed by atoms with Gasteiger partial charge in [0.05, 0.1) is 6.04 Å². The zero-order valence-corrected chi connectivity index (χ0v) is 11.1. The summed E-state index contributed by atoms with van der Waals surface area (Å²) in [7, 11) is 0. The smallest absolute Gasteiger partial charge is 0.252 e. The van der Waals surface area contributed by atoms with Gasteiger partial charge >= 0.3 is 0 Å². The van der Waals surface area contributed by atoms with Crippen LogP contribution in [0.25, 0.3) is 0 Å². The third-order valence-electron chi connectivity index (χ3n) is 3.61. The predicted molar refractivity (Wildman–Crippen MR) is 71.2 cm³/mol. The van der Waals surface area contributed by atoms with Gasteiger partial charge in [-0.05, 0) is 18.9 Å². The van der Waals surface area contributed by atoms with Gasteiger partial charge in [-0.25, -0.2) is 0 Å². The van der Waals surface area contributed by atoms with Gasteiger partial charge in [-0.3, -0.25) is 4.79 Å². The highest BCUT2D eigenvalue weighted by Gasteiger charge is 2.38. The van der Waals surface area contributed by atoms with Crippen molar-refractivity contribution in [2.24, 2.45) is 0 Å². The van der Waals surface area contributed by atoms with E-state index in [0.717, 1.165) is 24.9 Å². The molecular weight excluding hydrogens is 226 g/mol. The minimum Gasteiger partial charge on any atom is -0.383 e.